The molecule has 1 rings (SSSR count). The molecule has 15 heavy (non-hydrogen) atoms. The van der Waals surface area contributed by atoms with Gasteiger partial charge in [0.2, 0.25) is 0 Å². The highest BCUT2D eigenvalue weighted by molar-refractivity contribution is 7.98. The van der Waals surface area contributed by atoms with E-state index in [9.17, 15) is 0 Å². The van der Waals surface area contributed by atoms with Gasteiger partial charge in [0.1, 0.15) is 10.7 Å². The Morgan fingerprint density at radius 3 is 2.87 bits per heavy atom. The van der Waals surface area contributed by atoms with Crippen LogP contribution in [0.15, 0.2) is 18.2 Å². The second kappa shape index (κ2) is 5.98. The van der Waals surface area contributed by atoms with Gasteiger partial charge in [0.25, 0.3) is 0 Å². The Labute approximate surface area is 100 Å². The number of thiocarbonyl (C=S) groups is 1. The Morgan fingerprint density at radius 2 is 2.27 bits per heavy atom. The summed E-state index contributed by atoms with van der Waals surface area (Å²) in [4.78, 5) is 0.407. The lowest BCUT2D eigenvalue weighted by atomic mass is 10.1. The van der Waals surface area contributed by atoms with E-state index in [1.165, 1.54) is 0 Å². The van der Waals surface area contributed by atoms with Crippen LogP contribution in [0.2, 0.25) is 0 Å². The predicted octanol–water partition coefficient (Wildman–Crippen LogP) is 2.37. The van der Waals surface area contributed by atoms with Crippen molar-refractivity contribution in [3.8, 4) is 5.75 Å². The molecule has 0 amide bonds. The first-order valence-corrected chi connectivity index (χ1v) is 6.47. The zero-order valence-corrected chi connectivity index (χ0v) is 10.6. The molecule has 0 radical (unpaired) electrons. The van der Waals surface area contributed by atoms with Gasteiger partial charge in [0.05, 0.1) is 6.61 Å². The van der Waals surface area contributed by atoms with Crippen molar-refractivity contribution in [2.24, 2.45) is 5.73 Å². The van der Waals surface area contributed by atoms with Gasteiger partial charge < -0.3 is 10.5 Å². The summed E-state index contributed by atoms with van der Waals surface area (Å²) in [5.74, 6) is 1.85. The lowest BCUT2D eigenvalue weighted by molar-refractivity contribution is 0.341. The Morgan fingerprint density at radius 1 is 1.53 bits per heavy atom. The number of hydrogen-bond acceptors (Lipinski definition) is 3. The zero-order chi connectivity index (χ0) is 11.3. The Kier molecular flexibility index (Phi) is 4.91. The van der Waals surface area contributed by atoms with E-state index >= 15 is 0 Å². The third-order valence-electron chi connectivity index (χ3n) is 2.02. The second-order valence-corrected chi connectivity index (χ2v) is 4.61. The van der Waals surface area contributed by atoms with Crippen LogP contribution in [0, 0.1) is 6.92 Å². The summed E-state index contributed by atoms with van der Waals surface area (Å²) in [6, 6.07) is 5.79. The number of thioether (sulfide) groups is 1. The highest BCUT2D eigenvalue weighted by atomic mass is 32.2. The topological polar surface area (TPSA) is 35.2 Å². The van der Waals surface area contributed by atoms with E-state index in [2.05, 4.69) is 6.26 Å². The molecule has 82 valence electrons. The molecule has 0 atom stereocenters. The van der Waals surface area contributed by atoms with Crippen LogP contribution in [0.3, 0.4) is 0 Å². The molecular formula is C11H15NOS2. The van der Waals surface area contributed by atoms with Crippen LogP contribution in [0.1, 0.15) is 11.1 Å². The lowest BCUT2D eigenvalue weighted by Gasteiger charge is -2.09. The molecule has 0 saturated heterocycles. The number of aryl methyl sites for hydroxylation is 1. The standard InChI is InChI=1S/C11H15NOS2/c1-8-3-4-9(11(12)14)7-10(8)13-5-6-15-2/h3-4,7H,5-6H2,1-2H3,(H2,12,14). The summed E-state index contributed by atoms with van der Waals surface area (Å²) in [7, 11) is 0. The van der Waals surface area contributed by atoms with Crippen molar-refractivity contribution in [1.82, 2.24) is 0 Å². The molecule has 4 heteroatoms. The van der Waals surface area contributed by atoms with Gasteiger partial charge in [-0.05, 0) is 24.8 Å². The lowest BCUT2D eigenvalue weighted by Crippen LogP contribution is -2.10. The maximum Gasteiger partial charge on any atom is 0.122 e. The van der Waals surface area contributed by atoms with Gasteiger partial charge in [-0.1, -0.05) is 24.4 Å². The van der Waals surface area contributed by atoms with Gasteiger partial charge in [-0.25, -0.2) is 0 Å². The molecule has 0 saturated carbocycles. The van der Waals surface area contributed by atoms with Crippen molar-refractivity contribution < 1.29 is 4.74 Å². The molecule has 1 aromatic carbocycles. The van der Waals surface area contributed by atoms with Crippen molar-refractivity contribution in [1.29, 1.82) is 0 Å². The van der Waals surface area contributed by atoms with Crippen molar-refractivity contribution in [3.05, 3.63) is 29.3 Å². The van der Waals surface area contributed by atoms with Crippen molar-refractivity contribution in [2.75, 3.05) is 18.6 Å². The number of rotatable bonds is 5. The van der Waals surface area contributed by atoms with Gasteiger partial charge in [-0.15, -0.1) is 0 Å². The van der Waals surface area contributed by atoms with E-state index in [1.807, 2.05) is 25.1 Å². The summed E-state index contributed by atoms with van der Waals surface area (Å²) in [5, 5.41) is 0. The quantitative estimate of drug-likeness (QED) is 0.634. The van der Waals surface area contributed by atoms with Crippen LogP contribution in [0.4, 0.5) is 0 Å². The summed E-state index contributed by atoms with van der Waals surface area (Å²) < 4.78 is 5.63. The van der Waals surface area contributed by atoms with Gasteiger partial charge >= 0.3 is 0 Å². The average molecular weight is 241 g/mol. The first-order chi connectivity index (χ1) is 7.15. The molecule has 0 aliphatic rings. The molecule has 2 N–H and O–H groups in total. The molecule has 0 heterocycles. The first-order valence-electron chi connectivity index (χ1n) is 4.67. The molecule has 0 aliphatic heterocycles. The number of benzene rings is 1. The summed E-state index contributed by atoms with van der Waals surface area (Å²) >= 11 is 6.68. The van der Waals surface area contributed by atoms with Crippen LogP contribution in [0.25, 0.3) is 0 Å². The monoisotopic (exact) mass is 241 g/mol. The minimum absolute atomic E-state index is 0.407. The predicted molar refractivity (Wildman–Crippen MR) is 70.9 cm³/mol. The molecule has 0 spiro atoms. The fourth-order valence-corrected chi connectivity index (χ4v) is 1.52. The van der Waals surface area contributed by atoms with E-state index in [0.29, 0.717) is 11.6 Å². The fourth-order valence-electron chi connectivity index (χ4n) is 1.14. The van der Waals surface area contributed by atoms with Gasteiger partial charge in [-0.3, -0.25) is 0 Å². The largest absolute Gasteiger partial charge is 0.492 e. The maximum atomic E-state index is 5.63. The Balaban J connectivity index is 2.76. The highest BCUT2D eigenvalue weighted by Gasteiger charge is 2.03. The van der Waals surface area contributed by atoms with E-state index in [1.54, 1.807) is 11.8 Å². The van der Waals surface area contributed by atoms with E-state index in [0.717, 1.165) is 22.6 Å². The van der Waals surface area contributed by atoms with Gasteiger partial charge in [-0.2, -0.15) is 11.8 Å². The van der Waals surface area contributed by atoms with E-state index in [-0.39, 0.29) is 0 Å². The van der Waals surface area contributed by atoms with E-state index in [4.69, 9.17) is 22.7 Å². The molecule has 0 fully saturated rings. The molecule has 0 aromatic heterocycles. The normalized spacial score (nSPS) is 10.0. The number of nitrogens with two attached hydrogens (primary N) is 1. The van der Waals surface area contributed by atoms with Crippen LogP contribution in [0.5, 0.6) is 5.75 Å². The second-order valence-electron chi connectivity index (χ2n) is 3.19. The minimum Gasteiger partial charge on any atom is -0.492 e. The minimum atomic E-state index is 0.407. The average Bonchev–Trinajstić information content (AvgIpc) is 2.20. The third-order valence-corrected chi connectivity index (χ3v) is 2.83. The van der Waals surface area contributed by atoms with Crippen LogP contribution in [-0.4, -0.2) is 23.6 Å². The molecule has 2 nitrogen and oxygen atoms in total. The van der Waals surface area contributed by atoms with Crippen molar-refractivity contribution in [3.63, 3.8) is 0 Å². The van der Waals surface area contributed by atoms with Gasteiger partial charge in [0.15, 0.2) is 0 Å². The van der Waals surface area contributed by atoms with Crippen molar-refractivity contribution in [2.45, 2.75) is 6.92 Å². The number of ether oxygens (including phenoxy) is 1. The molecular weight excluding hydrogens is 226 g/mol. The molecule has 0 bridgehead atoms. The molecule has 0 aliphatic carbocycles. The van der Waals surface area contributed by atoms with Crippen LogP contribution >= 0.6 is 24.0 Å². The smallest absolute Gasteiger partial charge is 0.122 e. The summed E-state index contributed by atoms with van der Waals surface area (Å²) in [6.07, 6.45) is 2.06. The van der Waals surface area contributed by atoms with E-state index < -0.39 is 0 Å². The first kappa shape index (κ1) is 12.3. The summed E-state index contributed by atoms with van der Waals surface area (Å²) in [5.41, 5.74) is 7.52. The maximum absolute atomic E-state index is 5.63. The Hall–Kier alpha value is -0.740. The Bertz CT molecular complexity index is 352. The van der Waals surface area contributed by atoms with Crippen LogP contribution < -0.4 is 10.5 Å². The molecule has 0 unspecified atom stereocenters. The highest BCUT2D eigenvalue weighted by Crippen LogP contribution is 2.19. The molecule has 1 aromatic rings. The third kappa shape index (κ3) is 3.72. The summed E-state index contributed by atoms with van der Waals surface area (Å²) in [6.45, 7) is 2.72. The fraction of sp³-hybridized carbons (Fsp3) is 0.364. The zero-order valence-electron chi connectivity index (χ0n) is 8.95. The van der Waals surface area contributed by atoms with Gasteiger partial charge in [0, 0.05) is 11.3 Å². The SMILES string of the molecule is CSCCOc1cc(C(N)=S)ccc1C. The number of hydrogen-bond donors (Lipinski definition) is 1. The van der Waals surface area contributed by atoms with Crippen molar-refractivity contribution >= 4 is 29.0 Å². The van der Waals surface area contributed by atoms with Crippen LogP contribution in [-0.2, 0) is 0 Å².